The molecule has 0 aromatic carbocycles. The molecule has 3 fully saturated rings. The van der Waals surface area contributed by atoms with Crippen molar-refractivity contribution >= 4 is 11.8 Å². The fourth-order valence-corrected chi connectivity index (χ4v) is 9.97. The SMILES string of the molecule is C/C(=C/[C@@H]1C[C@@H](C)[C@H]2[C@H](C[C@@]3(C)C4=C5[C@@H](C[C@]23C)OC2=CC(=O)C(C)(C)[C@H](CC4)[C@]25C)O1)C(=O)O. The van der Waals surface area contributed by atoms with Gasteiger partial charge in [-0.15, -0.1) is 0 Å². The second-order valence-electron chi connectivity index (χ2n) is 13.7. The number of fused-ring (bicyclic) bond motifs is 4. The molecular weight excluding hydrogens is 440 g/mol. The predicted molar refractivity (Wildman–Crippen MR) is 132 cm³/mol. The van der Waals surface area contributed by atoms with Crippen LogP contribution in [0.4, 0.5) is 0 Å². The molecule has 1 N–H and O–H groups in total. The monoisotopic (exact) mass is 480 g/mol. The lowest BCUT2D eigenvalue weighted by atomic mass is 9.44. The summed E-state index contributed by atoms with van der Waals surface area (Å²) in [5, 5.41) is 9.38. The Morgan fingerprint density at radius 3 is 2.57 bits per heavy atom. The zero-order valence-corrected chi connectivity index (χ0v) is 22.2. The molecule has 9 atom stereocenters. The second kappa shape index (κ2) is 6.90. The number of rotatable bonds is 2. The van der Waals surface area contributed by atoms with Gasteiger partial charge in [-0.25, -0.2) is 4.79 Å². The largest absolute Gasteiger partial charge is 0.489 e. The van der Waals surface area contributed by atoms with Crippen molar-refractivity contribution < 1.29 is 24.2 Å². The summed E-state index contributed by atoms with van der Waals surface area (Å²) < 4.78 is 13.4. The van der Waals surface area contributed by atoms with Crippen molar-refractivity contribution in [2.45, 2.75) is 98.9 Å². The molecule has 0 aromatic rings. The molecule has 35 heavy (non-hydrogen) atoms. The molecule has 5 nitrogen and oxygen atoms in total. The molecule has 4 aliphatic carbocycles. The lowest BCUT2D eigenvalue weighted by Gasteiger charge is -2.57. The normalized spacial score (nSPS) is 49.6. The summed E-state index contributed by atoms with van der Waals surface area (Å²) in [5.74, 6) is 1.35. The highest BCUT2D eigenvalue weighted by molar-refractivity contribution is 5.97. The molecule has 2 aliphatic heterocycles. The first kappa shape index (κ1) is 23.5. The maximum atomic E-state index is 13.1. The van der Waals surface area contributed by atoms with Crippen LogP contribution in [0.3, 0.4) is 0 Å². The average molecular weight is 481 g/mol. The van der Waals surface area contributed by atoms with Gasteiger partial charge in [0, 0.05) is 17.1 Å². The van der Waals surface area contributed by atoms with E-state index in [1.54, 1.807) is 12.5 Å². The maximum absolute atomic E-state index is 13.1. The van der Waals surface area contributed by atoms with E-state index in [2.05, 4.69) is 41.5 Å². The Morgan fingerprint density at radius 2 is 1.89 bits per heavy atom. The van der Waals surface area contributed by atoms with Gasteiger partial charge in [-0.1, -0.05) is 40.2 Å². The van der Waals surface area contributed by atoms with Crippen LogP contribution in [0.5, 0.6) is 0 Å². The van der Waals surface area contributed by atoms with Crippen LogP contribution in [0, 0.1) is 39.4 Å². The first-order chi connectivity index (χ1) is 16.2. The van der Waals surface area contributed by atoms with Crippen molar-refractivity contribution in [1.82, 2.24) is 0 Å². The number of carbonyl (C=O) groups excluding carboxylic acids is 1. The van der Waals surface area contributed by atoms with Gasteiger partial charge < -0.3 is 14.6 Å². The molecule has 0 aromatic heterocycles. The third-order valence-corrected chi connectivity index (χ3v) is 11.8. The highest BCUT2D eigenvalue weighted by Gasteiger charge is 2.71. The molecule has 2 saturated heterocycles. The van der Waals surface area contributed by atoms with Crippen LogP contribution >= 0.6 is 0 Å². The van der Waals surface area contributed by atoms with Crippen LogP contribution in [0.15, 0.2) is 34.6 Å². The molecule has 6 aliphatic rings. The molecule has 6 rings (SSSR count). The maximum Gasteiger partial charge on any atom is 0.331 e. The van der Waals surface area contributed by atoms with Gasteiger partial charge in [0.1, 0.15) is 11.9 Å². The highest BCUT2D eigenvalue weighted by atomic mass is 16.5. The van der Waals surface area contributed by atoms with E-state index in [0.29, 0.717) is 17.4 Å². The van der Waals surface area contributed by atoms with Crippen molar-refractivity contribution in [3.8, 4) is 0 Å². The van der Waals surface area contributed by atoms with Crippen LogP contribution in [-0.4, -0.2) is 35.2 Å². The minimum Gasteiger partial charge on any atom is -0.489 e. The number of hydrogen-bond donors (Lipinski definition) is 1. The van der Waals surface area contributed by atoms with Crippen LogP contribution in [0.25, 0.3) is 0 Å². The molecule has 0 amide bonds. The number of ketones is 1. The molecule has 5 heteroatoms. The van der Waals surface area contributed by atoms with Crippen molar-refractivity contribution in [2.75, 3.05) is 0 Å². The predicted octanol–water partition coefficient (Wildman–Crippen LogP) is 5.85. The number of allylic oxidation sites excluding steroid dienone is 3. The summed E-state index contributed by atoms with van der Waals surface area (Å²) in [6.07, 6.45) is 8.48. The number of carbonyl (C=O) groups is 2. The van der Waals surface area contributed by atoms with E-state index in [1.165, 1.54) is 5.57 Å². The van der Waals surface area contributed by atoms with Crippen LogP contribution < -0.4 is 0 Å². The van der Waals surface area contributed by atoms with Gasteiger partial charge in [-0.2, -0.15) is 0 Å². The summed E-state index contributed by atoms with van der Waals surface area (Å²) in [7, 11) is 0. The van der Waals surface area contributed by atoms with Crippen molar-refractivity contribution in [2.24, 2.45) is 39.4 Å². The third kappa shape index (κ3) is 2.69. The van der Waals surface area contributed by atoms with E-state index in [-0.39, 0.29) is 51.7 Å². The smallest absolute Gasteiger partial charge is 0.331 e. The van der Waals surface area contributed by atoms with E-state index in [9.17, 15) is 14.7 Å². The van der Waals surface area contributed by atoms with Crippen molar-refractivity contribution in [3.63, 3.8) is 0 Å². The van der Waals surface area contributed by atoms with E-state index in [0.717, 1.165) is 37.9 Å². The van der Waals surface area contributed by atoms with E-state index < -0.39 is 5.97 Å². The lowest BCUT2D eigenvalue weighted by molar-refractivity contribution is -0.133. The summed E-state index contributed by atoms with van der Waals surface area (Å²) in [6.45, 7) is 15.5. The zero-order valence-electron chi connectivity index (χ0n) is 22.2. The fourth-order valence-electron chi connectivity index (χ4n) is 9.97. The van der Waals surface area contributed by atoms with Gasteiger partial charge in [0.05, 0.1) is 17.6 Å². The standard InChI is InChI=1S/C30H40O5/c1-15-10-17(11-16(2)26(32)33)34-19-13-28(5)18-8-9-21-27(3,4)22(31)12-23-30(21,7)25(18)20(35-23)14-29(28,6)24(15)19/h11-12,15,17,19-21,24H,8-10,13-14H2,1-7H3,(H,32,33)/b16-11-/t15-,17+,19+,20-,21+,24+,28+,29-,30-/m1/s1. The Bertz CT molecular complexity index is 1130. The molecule has 1 saturated carbocycles. The molecule has 0 bridgehead atoms. The Hall–Kier alpha value is -1.88. The minimum absolute atomic E-state index is 0.0151. The van der Waals surface area contributed by atoms with Gasteiger partial charge in [0.15, 0.2) is 5.78 Å². The van der Waals surface area contributed by atoms with Crippen LogP contribution in [0.1, 0.15) is 80.6 Å². The molecule has 0 unspecified atom stereocenters. The fraction of sp³-hybridized carbons (Fsp3) is 0.733. The van der Waals surface area contributed by atoms with Gasteiger partial charge in [0.25, 0.3) is 0 Å². The molecule has 190 valence electrons. The first-order valence-corrected chi connectivity index (χ1v) is 13.5. The topological polar surface area (TPSA) is 72.8 Å². The van der Waals surface area contributed by atoms with Crippen LogP contribution in [0.2, 0.25) is 0 Å². The van der Waals surface area contributed by atoms with Crippen LogP contribution in [-0.2, 0) is 19.1 Å². The molecular formula is C30H40O5. The number of hydrogen-bond acceptors (Lipinski definition) is 4. The first-order valence-electron chi connectivity index (χ1n) is 13.5. The Balaban J connectivity index is 1.44. The summed E-state index contributed by atoms with van der Waals surface area (Å²) in [6, 6.07) is 0. The van der Waals surface area contributed by atoms with Crippen molar-refractivity contribution in [3.05, 3.63) is 34.6 Å². The number of carboxylic acids is 1. The Morgan fingerprint density at radius 1 is 1.17 bits per heavy atom. The molecule has 0 radical (unpaired) electrons. The van der Waals surface area contributed by atoms with E-state index >= 15 is 0 Å². The third-order valence-electron chi connectivity index (χ3n) is 11.8. The van der Waals surface area contributed by atoms with E-state index in [4.69, 9.17) is 9.47 Å². The highest BCUT2D eigenvalue weighted by Crippen LogP contribution is 2.75. The number of carboxylic acid groups (broad SMARTS) is 1. The Kier molecular flexibility index (Phi) is 4.64. The van der Waals surface area contributed by atoms with Gasteiger partial charge in [-0.05, 0) is 86.2 Å². The zero-order chi connectivity index (χ0) is 25.3. The minimum atomic E-state index is -0.873. The summed E-state index contributed by atoms with van der Waals surface area (Å²) >= 11 is 0. The Labute approximate surface area is 209 Å². The number of ether oxygens (including phenoxy) is 2. The van der Waals surface area contributed by atoms with Gasteiger partial charge in [-0.3, -0.25) is 4.79 Å². The van der Waals surface area contributed by atoms with Crippen molar-refractivity contribution in [1.29, 1.82) is 0 Å². The van der Waals surface area contributed by atoms with Gasteiger partial charge >= 0.3 is 5.97 Å². The van der Waals surface area contributed by atoms with E-state index in [1.807, 2.05) is 12.2 Å². The quantitative estimate of drug-likeness (QED) is 0.396. The molecule has 2 heterocycles. The summed E-state index contributed by atoms with van der Waals surface area (Å²) in [5.41, 5.74) is 2.90. The van der Waals surface area contributed by atoms with Gasteiger partial charge in [0.2, 0.25) is 0 Å². The summed E-state index contributed by atoms with van der Waals surface area (Å²) in [4.78, 5) is 24.5. The number of aliphatic carboxylic acids is 1. The average Bonchev–Trinajstić information content (AvgIpc) is 3.15. The molecule has 0 spiro atoms. The lowest BCUT2D eigenvalue weighted by Crippen LogP contribution is -2.54. The second-order valence-corrected chi connectivity index (χ2v) is 13.7.